The molecule has 1 aliphatic carbocycles. The average molecular weight is 346 g/mol. The first-order valence-corrected chi connectivity index (χ1v) is 6.90. The summed E-state index contributed by atoms with van der Waals surface area (Å²) in [5.74, 6) is 1.11. The Morgan fingerprint density at radius 3 is 3.00 bits per heavy atom. The minimum atomic E-state index is -0.982. The van der Waals surface area contributed by atoms with Crippen LogP contribution in [-0.2, 0) is 0 Å². The zero-order chi connectivity index (χ0) is 13.6. The van der Waals surface area contributed by atoms with Gasteiger partial charge in [-0.05, 0) is 28.8 Å². The van der Waals surface area contributed by atoms with Crippen LogP contribution in [-0.4, -0.2) is 31.6 Å². The van der Waals surface area contributed by atoms with Gasteiger partial charge < -0.3 is 10.4 Å². The molecular weight excluding hydrogens is 336 g/mol. The highest BCUT2D eigenvalue weighted by Gasteiger charge is 2.34. The summed E-state index contributed by atoms with van der Waals surface area (Å²) in [5, 5.41) is 11.5. The summed E-state index contributed by atoms with van der Waals surface area (Å²) in [7, 11) is 0. The summed E-state index contributed by atoms with van der Waals surface area (Å²) in [4.78, 5) is 19.0. The fourth-order valence-corrected chi connectivity index (χ4v) is 3.30. The molecule has 0 radical (unpaired) electrons. The van der Waals surface area contributed by atoms with Crippen molar-refractivity contribution in [3.63, 3.8) is 0 Å². The zero-order valence-electron chi connectivity index (χ0n) is 9.68. The van der Waals surface area contributed by atoms with E-state index in [9.17, 15) is 4.79 Å². The SMILES string of the molecule is O=C(O)NC1CC(c2nc(Br)c3c(Cl)nccn23)C1. The lowest BCUT2D eigenvalue weighted by Crippen LogP contribution is -2.43. The van der Waals surface area contributed by atoms with Crippen molar-refractivity contribution in [3.05, 3.63) is 28.0 Å². The lowest BCUT2D eigenvalue weighted by atomic mass is 9.80. The lowest BCUT2D eigenvalue weighted by Gasteiger charge is -2.34. The van der Waals surface area contributed by atoms with E-state index in [-0.39, 0.29) is 12.0 Å². The number of halogens is 2. The van der Waals surface area contributed by atoms with Crippen LogP contribution in [0, 0.1) is 0 Å². The Hall–Kier alpha value is -1.34. The summed E-state index contributed by atoms with van der Waals surface area (Å²) < 4.78 is 2.57. The lowest BCUT2D eigenvalue weighted by molar-refractivity contribution is 0.177. The van der Waals surface area contributed by atoms with Gasteiger partial charge >= 0.3 is 6.09 Å². The third kappa shape index (κ3) is 2.17. The highest BCUT2D eigenvalue weighted by molar-refractivity contribution is 9.10. The van der Waals surface area contributed by atoms with Crippen molar-refractivity contribution in [2.45, 2.75) is 24.8 Å². The van der Waals surface area contributed by atoms with Gasteiger partial charge in [-0.25, -0.2) is 14.8 Å². The Kier molecular flexibility index (Phi) is 3.10. The van der Waals surface area contributed by atoms with E-state index in [0.29, 0.717) is 9.76 Å². The van der Waals surface area contributed by atoms with E-state index in [1.54, 1.807) is 6.20 Å². The Labute approximate surface area is 121 Å². The van der Waals surface area contributed by atoms with Crippen LogP contribution in [0.25, 0.3) is 5.52 Å². The molecule has 2 heterocycles. The Morgan fingerprint density at radius 1 is 1.58 bits per heavy atom. The first-order chi connectivity index (χ1) is 9.06. The van der Waals surface area contributed by atoms with Gasteiger partial charge in [-0.2, -0.15) is 0 Å². The molecular formula is C11H10BrClN4O2. The van der Waals surface area contributed by atoms with Crippen LogP contribution in [0.3, 0.4) is 0 Å². The number of imidazole rings is 1. The number of rotatable bonds is 2. The molecule has 0 bridgehead atoms. The van der Waals surface area contributed by atoms with Gasteiger partial charge in [0, 0.05) is 24.4 Å². The summed E-state index contributed by atoms with van der Waals surface area (Å²) in [6.07, 6.45) is 3.95. The predicted molar refractivity (Wildman–Crippen MR) is 72.6 cm³/mol. The second-order valence-corrected chi connectivity index (χ2v) is 5.62. The van der Waals surface area contributed by atoms with Crippen molar-refractivity contribution in [1.82, 2.24) is 19.7 Å². The van der Waals surface area contributed by atoms with E-state index in [0.717, 1.165) is 24.2 Å². The molecule has 0 spiro atoms. The fourth-order valence-electron chi connectivity index (χ4n) is 2.39. The second kappa shape index (κ2) is 4.64. The average Bonchev–Trinajstić information content (AvgIpc) is 2.62. The second-order valence-electron chi connectivity index (χ2n) is 4.51. The fraction of sp³-hybridized carbons (Fsp3) is 0.364. The molecule has 0 aliphatic heterocycles. The predicted octanol–water partition coefficient (Wildman–Crippen LogP) is 2.66. The van der Waals surface area contributed by atoms with Gasteiger partial charge in [-0.3, -0.25) is 4.40 Å². The molecule has 0 unspecified atom stereocenters. The minimum Gasteiger partial charge on any atom is -0.465 e. The molecule has 6 nitrogen and oxygen atoms in total. The van der Waals surface area contributed by atoms with Crippen molar-refractivity contribution in [3.8, 4) is 0 Å². The molecule has 2 aromatic rings. The molecule has 0 saturated heterocycles. The first-order valence-electron chi connectivity index (χ1n) is 5.73. The van der Waals surface area contributed by atoms with Gasteiger partial charge in [0.15, 0.2) is 5.15 Å². The largest absolute Gasteiger partial charge is 0.465 e. The minimum absolute atomic E-state index is 0.00550. The first kappa shape index (κ1) is 12.7. The Bertz CT molecular complexity index is 653. The third-order valence-electron chi connectivity index (χ3n) is 3.33. The molecule has 1 aliphatic rings. The molecule has 8 heteroatoms. The molecule has 100 valence electrons. The van der Waals surface area contributed by atoms with Crippen molar-refractivity contribution >= 4 is 39.1 Å². The van der Waals surface area contributed by atoms with Crippen LogP contribution >= 0.6 is 27.5 Å². The van der Waals surface area contributed by atoms with E-state index < -0.39 is 6.09 Å². The maximum absolute atomic E-state index is 10.5. The van der Waals surface area contributed by atoms with Crippen LogP contribution in [0.4, 0.5) is 4.79 Å². The number of nitrogens with zero attached hydrogens (tertiary/aromatic N) is 3. The van der Waals surface area contributed by atoms with Gasteiger partial charge in [0.25, 0.3) is 0 Å². The molecule has 2 aromatic heterocycles. The summed E-state index contributed by atoms with van der Waals surface area (Å²) in [6, 6.07) is 0.00550. The molecule has 1 saturated carbocycles. The van der Waals surface area contributed by atoms with Crippen molar-refractivity contribution in [1.29, 1.82) is 0 Å². The number of nitrogens with one attached hydrogen (secondary N) is 1. The van der Waals surface area contributed by atoms with Crippen molar-refractivity contribution in [2.75, 3.05) is 0 Å². The van der Waals surface area contributed by atoms with Gasteiger partial charge in [-0.1, -0.05) is 11.6 Å². The molecule has 2 N–H and O–H groups in total. The Balaban J connectivity index is 1.88. The van der Waals surface area contributed by atoms with Gasteiger partial charge in [0.05, 0.1) is 0 Å². The maximum Gasteiger partial charge on any atom is 0.404 e. The topological polar surface area (TPSA) is 79.5 Å². The van der Waals surface area contributed by atoms with Crippen LogP contribution in [0.5, 0.6) is 0 Å². The number of aromatic nitrogens is 3. The zero-order valence-corrected chi connectivity index (χ0v) is 12.0. The van der Waals surface area contributed by atoms with E-state index in [1.807, 2.05) is 10.6 Å². The van der Waals surface area contributed by atoms with Crippen LogP contribution in [0.2, 0.25) is 5.15 Å². The molecule has 3 rings (SSSR count). The monoisotopic (exact) mass is 344 g/mol. The highest BCUT2D eigenvalue weighted by Crippen LogP contribution is 2.38. The molecule has 1 fully saturated rings. The number of carbonyl (C=O) groups is 1. The molecule has 0 atom stereocenters. The Morgan fingerprint density at radius 2 is 2.32 bits per heavy atom. The van der Waals surface area contributed by atoms with Gasteiger partial charge in [0.1, 0.15) is 15.9 Å². The maximum atomic E-state index is 10.5. The molecule has 0 aromatic carbocycles. The summed E-state index contributed by atoms with van der Waals surface area (Å²) >= 11 is 9.43. The standard InChI is InChI=1S/C11H10BrClN4O2/c12-8-7-9(13)14-1-2-17(7)10(16-8)5-3-6(4-5)15-11(18)19/h1-2,5-6,15H,3-4H2,(H,18,19). The number of amides is 1. The van der Waals surface area contributed by atoms with Gasteiger partial charge in [0.2, 0.25) is 0 Å². The van der Waals surface area contributed by atoms with Gasteiger partial charge in [-0.15, -0.1) is 0 Å². The highest BCUT2D eigenvalue weighted by atomic mass is 79.9. The summed E-state index contributed by atoms with van der Waals surface area (Å²) in [6.45, 7) is 0. The van der Waals surface area contributed by atoms with E-state index in [1.165, 1.54) is 0 Å². The van der Waals surface area contributed by atoms with E-state index in [2.05, 4.69) is 31.2 Å². The number of fused-ring (bicyclic) bond motifs is 1. The normalized spacial score (nSPS) is 22.2. The molecule has 1 amide bonds. The number of carboxylic acid groups (broad SMARTS) is 1. The van der Waals surface area contributed by atoms with E-state index in [4.69, 9.17) is 16.7 Å². The third-order valence-corrected chi connectivity index (χ3v) is 4.16. The van der Waals surface area contributed by atoms with Crippen LogP contribution in [0.15, 0.2) is 17.0 Å². The van der Waals surface area contributed by atoms with E-state index >= 15 is 0 Å². The van der Waals surface area contributed by atoms with Crippen molar-refractivity contribution < 1.29 is 9.90 Å². The summed E-state index contributed by atoms with van der Waals surface area (Å²) in [5.41, 5.74) is 0.744. The van der Waals surface area contributed by atoms with Crippen LogP contribution < -0.4 is 5.32 Å². The molecule has 19 heavy (non-hydrogen) atoms. The van der Waals surface area contributed by atoms with Crippen molar-refractivity contribution in [2.24, 2.45) is 0 Å². The number of hydrogen-bond donors (Lipinski definition) is 2. The smallest absolute Gasteiger partial charge is 0.404 e. The number of hydrogen-bond acceptors (Lipinski definition) is 3. The quantitative estimate of drug-likeness (QED) is 0.877. The van der Waals surface area contributed by atoms with Crippen LogP contribution in [0.1, 0.15) is 24.6 Å².